The van der Waals surface area contributed by atoms with Gasteiger partial charge in [0, 0.05) is 13.6 Å². The SMILES string of the molecule is CCNCc1cn(CC(=O)NC(=O)NC)nn1. The fourth-order valence-corrected chi connectivity index (χ4v) is 1.13. The summed E-state index contributed by atoms with van der Waals surface area (Å²) in [5.41, 5.74) is 0.750. The molecular formula is C9H16N6O2. The molecule has 3 amide bonds. The van der Waals surface area contributed by atoms with Gasteiger partial charge in [0.2, 0.25) is 5.91 Å². The Bertz CT molecular complexity index is 389. The number of aromatic nitrogens is 3. The minimum atomic E-state index is -0.539. The number of hydrogen-bond acceptors (Lipinski definition) is 5. The van der Waals surface area contributed by atoms with Crippen LogP contribution in [0.2, 0.25) is 0 Å². The highest BCUT2D eigenvalue weighted by molar-refractivity contribution is 5.93. The van der Waals surface area contributed by atoms with Gasteiger partial charge in [-0.3, -0.25) is 10.1 Å². The summed E-state index contributed by atoms with van der Waals surface area (Å²) < 4.78 is 1.38. The maximum absolute atomic E-state index is 11.3. The van der Waals surface area contributed by atoms with Crippen LogP contribution in [0.25, 0.3) is 0 Å². The molecule has 3 N–H and O–H groups in total. The Morgan fingerprint density at radius 3 is 2.88 bits per heavy atom. The molecule has 1 aromatic heterocycles. The quantitative estimate of drug-likeness (QED) is 0.603. The topological polar surface area (TPSA) is 101 Å². The van der Waals surface area contributed by atoms with Crippen molar-refractivity contribution in [1.29, 1.82) is 0 Å². The van der Waals surface area contributed by atoms with E-state index in [1.807, 2.05) is 6.92 Å². The van der Waals surface area contributed by atoms with Crippen molar-refractivity contribution in [2.75, 3.05) is 13.6 Å². The van der Waals surface area contributed by atoms with Crippen molar-refractivity contribution in [3.8, 4) is 0 Å². The third-order valence-corrected chi connectivity index (χ3v) is 1.93. The number of carbonyl (C=O) groups is 2. The van der Waals surface area contributed by atoms with Gasteiger partial charge in [-0.25, -0.2) is 9.48 Å². The maximum Gasteiger partial charge on any atom is 0.321 e. The minimum Gasteiger partial charge on any atom is -0.341 e. The lowest BCUT2D eigenvalue weighted by molar-refractivity contribution is -0.120. The van der Waals surface area contributed by atoms with E-state index < -0.39 is 11.9 Å². The van der Waals surface area contributed by atoms with Crippen LogP contribution in [-0.2, 0) is 17.9 Å². The van der Waals surface area contributed by atoms with Gasteiger partial charge in [-0.2, -0.15) is 0 Å². The van der Waals surface area contributed by atoms with Gasteiger partial charge in [-0.05, 0) is 6.54 Å². The van der Waals surface area contributed by atoms with E-state index in [-0.39, 0.29) is 6.54 Å². The van der Waals surface area contributed by atoms with Gasteiger partial charge >= 0.3 is 6.03 Å². The highest BCUT2D eigenvalue weighted by atomic mass is 16.2. The lowest BCUT2D eigenvalue weighted by atomic mass is 10.4. The molecule has 0 saturated heterocycles. The standard InChI is InChI=1S/C9H16N6O2/c1-3-11-4-7-5-15(14-13-7)6-8(16)12-9(17)10-2/h5,11H,3-4,6H2,1-2H3,(H2,10,12,16,17). The van der Waals surface area contributed by atoms with Crippen LogP contribution in [0.3, 0.4) is 0 Å². The van der Waals surface area contributed by atoms with Crippen LogP contribution in [-0.4, -0.2) is 40.5 Å². The summed E-state index contributed by atoms with van der Waals surface area (Å²) in [6.07, 6.45) is 1.66. The van der Waals surface area contributed by atoms with E-state index in [0.717, 1.165) is 12.2 Å². The molecule has 0 unspecified atom stereocenters. The van der Waals surface area contributed by atoms with Crippen LogP contribution in [0.4, 0.5) is 4.79 Å². The van der Waals surface area contributed by atoms with Gasteiger partial charge in [-0.15, -0.1) is 5.10 Å². The molecule has 0 radical (unpaired) electrons. The Labute approximate surface area is 98.8 Å². The Balaban J connectivity index is 2.43. The Morgan fingerprint density at radius 1 is 1.47 bits per heavy atom. The molecule has 1 heterocycles. The first kappa shape index (κ1) is 13.1. The number of imide groups is 1. The molecule has 0 fully saturated rings. The molecule has 0 atom stereocenters. The van der Waals surface area contributed by atoms with Crippen LogP contribution >= 0.6 is 0 Å². The number of urea groups is 1. The smallest absolute Gasteiger partial charge is 0.321 e. The number of nitrogens with zero attached hydrogens (tertiary/aromatic N) is 3. The van der Waals surface area contributed by atoms with Gasteiger partial charge in [0.25, 0.3) is 0 Å². The molecule has 0 spiro atoms. The molecule has 0 aliphatic carbocycles. The Morgan fingerprint density at radius 2 is 2.24 bits per heavy atom. The van der Waals surface area contributed by atoms with Gasteiger partial charge in [0.05, 0.1) is 11.9 Å². The summed E-state index contributed by atoms with van der Waals surface area (Å²) in [4.78, 5) is 22.2. The van der Waals surface area contributed by atoms with Crippen LogP contribution in [0, 0.1) is 0 Å². The molecule has 1 aromatic rings. The van der Waals surface area contributed by atoms with Gasteiger partial charge in [0.15, 0.2) is 0 Å². The molecule has 0 aromatic carbocycles. The number of hydrogen-bond donors (Lipinski definition) is 3. The summed E-state index contributed by atoms with van der Waals surface area (Å²) in [5, 5.41) is 15.2. The average molecular weight is 240 g/mol. The second kappa shape index (κ2) is 6.59. The number of rotatable bonds is 5. The molecule has 0 bridgehead atoms. The fraction of sp³-hybridized carbons (Fsp3) is 0.556. The van der Waals surface area contributed by atoms with Gasteiger partial charge in [-0.1, -0.05) is 12.1 Å². The molecule has 1 rings (SSSR count). The van der Waals surface area contributed by atoms with Crippen molar-refractivity contribution in [3.63, 3.8) is 0 Å². The first-order valence-electron chi connectivity index (χ1n) is 5.27. The summed E-state index contributed by atoms with van der Waals surface area (Å²) >= 11 is 0. The minimum absolute atomic E-state index is 0.0352. The predicted octanol–water partition coefficient (Wildman–Crippen LogP) is -1.16. The van der Waals surface area contributed by atoms with E-state index in [1.165, 1.54) is 11.7 Å². The molecule has 0 saturated carbocycles. The number of amides is 3. The number of carbonyl (C=O) groups excluding carboxylic acids is 2. The maximum atomic E-state index is 11.3. The zero-order valence-corrected chi connectivity index (χ0v) is 9.86. The molecule has 17 heavy (non-hydrogen) atoms. The van der Waals surface area contributed by atoms with E-state index in [0.29, 0.717) is 6.54 Å². The second-order valence-corrected chi connectivity index (χ2v) is 3.32. The summed E-state index contributed by atoms with van der Waals surface area (Å²) in [7, 11) is 1.44. The highest BCUT2D eigenvalue weighted by Gasteiger charge is 2.08. The van der Waals surface area contributed by atoms with E-state index in [2.05, 4.69) is 26.3 Å². The van der Waals surface area contributed by atoms with Crippen LogP contribution in [0.1, 0.15) is 12.6 Å². The lowest BCUT2D eigenvalue weighted by Crippen LogP contribution is -2.39. The van der Waals surface area contributed by atoms with Crippen LogP contribution < -0.4 is 16.0 Å². The van der Waals surface area contributed by atoms with Crippen LogP contribution in [0.5, 0.6) is 0 Å². The molecule has 8 nitrogen and oxygen atoms in total. The predicted molar refractivity (Wildman–Crippen MR) is 60.0 cm³/mol. The van der Waals surface area contributed by atoms with Crippen molar-refractivity contribution in [2.45, 2.75) is 20.0 Å². The third kappa shape index (κ3) is 4.60. The van der Waals surface area contributed by atoms with Crippen molar-refractivity contribution < 1.29 is 9.59 Å². The van der Waals surface area contributed by atoms with E-state index in [4.69, 9.17) is 0 Å². The first-order valence-corrected chi connectivity index (χ1v) is 5.27. The van der Waals surface area contributed by atoms with Crippen LogP contribution in [0.15, 0.2) is 6.20 Å². The highest BCUT2D eigenvalue weighted by Crippen LogP contribution is 1.92. The zero-order chi connectivity index (χ0) is 12.7. The molecular weight excluding hydrogens is 224 g/mol. The average Bonchev–Trinajstić information content (AvgIpc) is 2.73. The Hall–Kier alpha value is -1.96. The first-order chi connectivity index (χ1) is 8.15. The molecule has 94 valence electrons. The van der Waals surface area contributed by atoms with Gasteiger partial charge < -0.3 is 10.6 Å². The van der Waals surface area contributed by atoms with E-state index in [9.17, 15) is 9.59 Å². The molecule has 8 heteroatoms. The summed E-state index contributed by atoms with van der Waals surface area (Å²) in [6.45, 7) is 3.39. The second-order valence-electron chi connectivity index (χ2n) is 3.32. The third-order valence-electron chi connectivity index (χ3n) is 1.93. The summed E-state index contributed by atoms with van der Waals surface area (Å²) in [6, 6.07) is -0.539. The van der Waals surface area contributed by atoms with Crippen molar-refractivity contribution in [3.05, 3.63) is 11.9 Å². The monoisotopic (exact) mass is 240 g/mol. The molecule has 0 aliphatic rings. The van der Waals surface area contributed by atoms with E-state index in [1.54, 1.807) is 6.20 Å². The zero-order valence-electron chi connectivity index (χ0n) is 9.86. The van der Waals surface area contributed by atoms with Crippen molar-refractivity contribution >= 4 is 11.9 Å². The largest absolute Gasteiger partial charge is 0.341 e. The normalized spacial score (nSPS) is 10.0. The number of nitrogens with one attached hydrogen (secondary N) is 3. The van der Waals surface area contributed by atoms with Crippen molar-refractivity contribution in [2.24, 2.45) is 0 Å². The summed E-state index contributed by atoms with van der Waals surface area (Å²) in [5.74, 6) is -0.441. The lowest BCUT2D eigenvalue weighted by Gasteiger charge is -2.02. The molecule has 0 aliphatic heterocycles. The fourth-order valence-electron chi connectivity index (χ4n) is 1.13. The van der Waals surface area contributed by atoms with Gasteiger partial charge in [0.1, 0.15) is 6.54 Å². The Kier molecular flexibility index (Phi) is 5.08. The van der Waals surface area contributed by atoms with E-state index >= 15 is 0 Å². The van der Waals surface area contributed by atoms with Crippen molar-refractivity contribution in [1.82, 2.24) is 30.9 Å².